The summed E-state index contributed by atoms with van der Waals surface area (Å²) in [7, 11) is -2.80. The van der Waals surface area contributed by atoms with Crippen LogP contribution >= 0.6 is 7.60 Å². The first-order valence-corrected chi connectivity index (χ1v) is 7.42. The van der Waals surface area contributed by atoms with Crippen LogP contribution in [0.5, 0.6) is 0 Å². The molecule has 0 bridgehead atoms. The third-order valence-electron chi connectivity index (χ3n) is 2.26. The zero-order valence-electron chi connectivity index (χ0n) is 9.61. The van der Waals surface area contributed by atoms with Gasteiger partial charge >= 0.3 is 7.60 Å². The average molecular weight is 236 g/mol. The van der Waals surface area contributed by atoms with Crippen LogP contribution < -0.4 is 0 Å². The summed E-state index contributed by atoms with van der Waals surface area (Å²) in [4.78, 5) is 0. The fourth-order valence-corrected chi connectivity index (χ4v) is 3.20. The molecule has 0 aliphatic carbocycles. The van der Waals surface area contributed by atoms with Crippen LogP contribution in [0, 0.1) is 0 Å². The van der Waals surface area contributed by atoms with Crippen LogP contribution in [0.15, 0.2) is 0 Å². The Hall–Kier alpha value is 0.110. The van der Waals surface area contributed by atoms with Crippen LogP contribution in [0.2, 0.25) is 0 Å². The molecule has 5 heteroatoms. The van der Waals surface area contributed by atoms with Crippen molar-refractivity contribution in [3.05, 3.63) is 0 Å². The van der Waals surface area contributed by atoms with E-state index in [0.29, 0.717) is 25.5 Å². The number of hydrogen-bond acceptors (Lipinski definition) is 4. The highest BCUT2D eigenvalue weighted by Crippen LogP contribution is 2.48. The fourth-order valence-electron chi connectivity index (χ4n) is 1.47. The Balaban J connectivity index is 2.14. The van der Waals surface area contributed by atoms with Crippen molar-refractivity contribution in [2.45, 2.75) is 39.2 Å². The lowest BCUT2D eigenvalue weighted by Crippen LogP contribution is -2.00. The smallest absolute Gasteiger partial charge is 0.330 e. The highest BCUT2D eigenvalue weighted by molar-refractivity contribution is 7.53. The summed E-state index contributed by atoms with van der Waals surface area (Å²) < 4.78 is 27.5. The molecule has 4 nitrogen and oxygen atoms in total. The molecule has 0 spiro atoms. The highest BCUT2D eigenvalue weighted by Gasteiger charge is 2.25. The van der Waals surface area contributed by atoms with Crippen molar-refractivity contribution in [1.29, 1.82) is 0 Å². The highest BCUT2D eigenvalue weighted by atomic mass is 31.2. The molecule has 1 atom stereocenters. The third kappa shape index (κ3) is 5.67. The molecule has 1 fully saturated rings. The summed E-state index contributed by atoms with van der Waals surface area (Å²) in [5.41, 5.74) is 0. The van der Waals surface area contributed by atoms with Crippen molar-refractivity contribution < 1.29 is 18.3 Å². The summed E-state index contributed by atoms with van der Waals surface area (Å²) >= 11 is 0. The fraction of sp³-hybridized carbons (Fsp3) is 1.00. The molecule has 1 unspecified atom stereocenters. The van der Waals surface area contributed by atoms with E-state index in [1.165, 1.54) is 0 Å². The topological polar surface area (TPSA) is 48.1 Å². The van der Waals surface area contributed by atoms with E-state index in [0.717, 1.165) is 25.9 Å². The lowest BCUT2D eigenvalue weighted by molar-refractivity contribution is 0.219. The van der Waals surface area contributed by atoms with E-state index < -0.39 is 7.60 Å². The van der Waals surface area contributed by atoms with Gasteiger partial charge in [0.2, 0.25) is 0 Å². The Bertz CT molecular complexity index is 205. The lowest BCUT2D eigenvalue weighted by Gasteiger charge is -2.16. The Kier molecular flexibility index (Phi) is 5.83. The van der Waals surface area contributed by atoms with Gasteiger partial charge in [-0.3, -0.25) is 4.57 Å². The molecule has 0 saturated carbocycles. The zero-order chi connectivity index (χ0) is 11.1. The molecule has 0 aromatic carbocycles. The third-order valence-corrected chi connectivity index (χ3v) is 4.43. The molecule has 0 amide bonds. The van der Waals surface area contributed by atoms with Gasteiger partial charge in [-0.25, -0.2) is 0 Å². The average Bonchev–Trinajstić information content (AvgIpc) is 2.97. The van der Waals surface area contributed by atoms with Crippen molar-refractivity contribution in [3.8, 4) is 0 Å². The summed E-state index contributed by atoms with van der Waals surface area (Å²) in [5, 5.41) is 0. The van der Waals surface area contributed by atoms with E-state index in [9.17, 15) is 4.57 Å². The van der Waals surface area contributed by atoms with Crippen molar-refractivity contribution in [1.82, 2.24) is 0 Å². The molecule has 0 aromatic heterocycles. The van der Waals surface area contributed by atoms with Crippen molar-refractivity contribution in [2.24, 2.45) is 0 Å². The second kappa shape index (κ2) is 6.64. The van der Waals surface area contributed by atoms with Gasteiger partial charge in [-0.1, -0.05) is 6.42 Å². The molecule has 1 rings (SSSR count). The van der Waals surface area contributed by atoms with Gasteiger partial charge in [0.25, 0.3) is 0 Å². The van der Waals surface area contributed by atoms with Gasteiger partial charge in [-0.15, -0.1) is 0 Å². The van der Waals surface area contributed by atoms with Gasteiger partial charge in [0, 0.05) is 0 Å². The molecule has 90 valence electrons. The van der Waals surface area contributed by atoms with E-state index in [1.54, 1.807) is 0 Å². The SMILES string of the molecule is CCOP(=O)(CCCCC1CO1)OCC. The summed E-state index contributed by atoms with van der Waals surface area (Å²) in [6.07, 6.45) is 3.98. The first kappa shape index (κ1) is 13.2. The molecule has 0 radical (unpaired) electrons. The number of rotatable bonds is 9. The van der Waals surface area contributed by atoms with Gasteiger partial charge in [0.1, 0.15) is 0 Å². The second-order valence-corrected chi connectivity index (χ2v) is 5.81. The maximum absolute atomic E-state index is 12.0. The zero-order valence-corrected chi connectivity index (χ0v) is 10.5. The van der Waals surface area contributed by atoms with E-state index in [1.807, 2.05) is 13.8 Å². The predicted octanol–water partition coefficient (Wildman–Crippen LogP) is 2.82. The van der Waals surface area contributed by atoms with E-state index in [2.05, 4.69) is 0 Å². The number of ether oxygens (including phenoxy) is 1. The summed E-state index contributed by atoms with van der Waals surface area (Å²) in [6, 6.07) is 0. The van der Waals surface area contributed by atoms with Crippen LogP contribution in [0.1, 0.15) is 33.1 Å². The maximum atomic E-state index is 12.0. The molecule has 15 heavy (non-hydrogen) atoms. The summed E-state index contributed by atoms with van der Waals surface area (Å²) in [5.74, 6) is 0. The summed E-state index contributed by atoms with van der Waals surface area (Å²) in [6.45, 7) is 5.47. The van der Waals surface area contributed by atoms with E-state index in [4.69, 9.17) is 13.8 Å². The molecular weight excluding hydrogens is 215 g/mol. The van der Waals surface area contributed by atoms with Gasteiger partial charge in [0.05, 0.1) is 32.1 Å². The molecule has 1 saturated heterocycles. The Morgan fingerprint density at radius 2 is 1.87 bits per heavy atom. The maximum Gasteiger partial charge on any atom is 0.330 e. The van der Waals surface area contributed by atoms with Crippen molar-refractivity contribution in [2.75, 3.05) is 26.0 Å². The van der Waals surface area contributed by atoms with Gasteiger partial charge in [0.15, 0.2) is 0 Å². The Morgan fingerprint density at radius 1 is 1.27 bits per heavy atom. The monoisotopic (exact) mass is 236 g/mol. The molecule has 0 aromatic rings. The van der Waals surface area contributed by atoms with Crippen molar-refractivity contribution >= 4 is 7.60 Å². The van der Waals surface area contributed by atoms with E-state index >= 15 is 0 Å². The standard InChI is InChI=1S/C10H21O4P/c1-3-13-15(11,14-4-2)8-6-5-7-10-9-12-10/h10H,3-9H2,1-2H3. The van der Waals surface area contributed by atoms with Gasteiger partial charge in [-0.2, -0.15) is 0 Å². The molecule has 1 aliphatic rings. The predicted molar refractivity (Wildman–Crippen MR) is 59.3 cm³/mol. The molecular formula is C10H21O4P. The van der Waals surface area contributed by atoms with E-state index in [-0.39, 0.29) is 0 Å². The van der Waals surface area contributed by atoms with Crippen LogP contribution in [-0.4, -0.2) is 32.1 Å². The Morgan fingerprint density at radius 3 is 2.33 bits per heavy atom. The largest absolute Gasteiger partial charge is 0.373 e. The van der Waals surface area contributed by atoms with Gasteiger partial charge in [-0.05, 0) is 26.7 Å². The number of hydrogen-bond donors (Lipinski definition) is 0. The minimum atomic E-state index is -2.80. The molecule has 0 N–H and O–H groups in total. The minimum absolute atomic E-state index is 0.447. The normalized spacial score (nSPS) is 20.5. The molecule has 1 aliphatic heterocycles. The Labute approximate surface area is 91.8 Å². The quantitative estimate of drug-likeness (QED) is 0.351. The van der Waals surface area contributed by atoms with Crippen LogP contribution in [0.4, 0.5) is 0 Å². The number of unbranched alkanes of at least 4 members (excludes halogenated alkanes) is 1. The first-order chi connectivity index (χ1) is 7.20. The van der Waals surface area contributed by atoms with Crippen LogP contribution in [0.3, 0.4) is 0 Å². The van der Waals surface area contributed by atoms with Crippen molar-refractivity contribution in [3.63, 3.8) is 0 Å². The van der Waals surface area contributed by atoms with Crippen LogP contribution in [0.25, 0.3) is 0 Å². The number of epoxide rings is 1. The lowest BCUT2D eigenvalue weighted by atomic mass is 10.2. The molecule has 1 heterocycles. The van der Waals surface area contributed by atoms with Gasteiger partial charge < -0.3 is 13.8 Å². The minimum Gasteiger partial charge on any atom is -0.373 e. The second-order valence-electron chi connectivity index (χ2n) is 3.62. The first-order valence-electron chi connectivity index (χ1n) is 5.70. The van der Waals surface area contributed by atoms with Crippen LogP contribution in [-0.2, 0) is 18.3 Å².